The minimum atomic E-state index is -0.984. The van der Waals surface area contributed by atoms with E-state index in [0.29, 0.717) is 17.5 Å². The van der Waals surface area contributed by atoms with Crippen molar-refractivity contribution in [3.05, 3.63) is 65.5 Å². The van der Waals surface area contributed by atoms with E-state index in [4.69, 9.17) is 9.84 Å². The molecule has 0 aliphatic carbocycles. The van der Waals surface area contributed by atoms with Crippen molar-refractivity contribution >= 4 is 12.0 Å². The first-order valence-electron chi connectivity index (χ1n) is 8.08. The number of ether oxygens (including phenoxy) is 1. The van der Waals surface area contributed by atoms with E-state index in [1.165, 1.54) is 6.07 Å². The van der Waals surface area contributed by atoms with Gasteiger partial charge in [0.05, 0.1) is 0 Å². The molecule has 2 rings (SSSR count). The Bertz CT molecular complexity index is 766. The first kappa shape index (κ1) is 19.4. The maximum atomic E-state index is 13.6. The van der Waals surface area contributed by atoms with Gasteiger partial charge in [0.2, 0.25) is 0 Å². The van der Waals surface area contributed by atoms with Crippen molar-refractivity contribution in [2.75, 3.05) is 6.61 Å². The monoisotopic (exact) mass is 361 g/mol. The average Bonchev–Trinajstić information content (AvgIpc) is 2.63. The number of aliphatic hydroxyl groups excluding tert-OH is 1. The summed E-state index contributed by atoms with van der Waals surface area (Å²) < 4.78 is 19.0. The number of carbonyl (C=O) groups is 2. The van der Waals surface area contributed by atoms with E-state index in [-0.39, 0.29) is 12.5 Å². The van der Waals surface area contributed by atoms with Gasteiger partial charge in [0.25, 0.3) is 5.91 Å². The Balaban J connectivity index is 2.14. The molecule has 3 N–H and O–H groups in total. The summed E-state index contributed by atoms with van der Waals surface area (Å²) in [5.74, 6) is -2.35. The van der Waals surface area contributed by atoms with Crippen LogP contribution in [0.3, 0.4) is 0 Å². The number of hydrogen-bond donors (Lipinski definition) is 3. The van der Waals surface area contributed by atoms with Crippen LogP contribution in [0, 0.1) is 11.7 Å². The third kappa shape index (κ3) is 5.03. The quantitative estimate of drug-likeness (QED) is 0.734. The summed E-state index contributed by atoms with van der Waals surface area (Å²) in [6.07, 6.45) is -1.59. The van der Waals surface area contributed by atoms with Crippen LogP contribution in [-0.2, 0) is 4.74 Å². The van der Waals surface area contributed by atoms with Crippen LogP contribution < -0.4 is 5.32 Å². The van der Waals surface area contributed by atoms with Gasteiger partial charge in [-0.1, -0.05) is 31.2 Å². The number of nitrogens with one attached hydrogen (secondary N) is 1. The third-order valence-electron chi connectivity index (χ3n) is 3.89. The summed E-state index contributed by atoms with van der Waals surface area (Å²) in [6.45, 7) is 1.57. The third-order valence-corrected chi connectivity index (χ3v) is 3.89. The van der Waals surface area contributed by atoms with Crippen LogP contribution in [-0.4, -0.2) is 28.8 Å². The molecule has 26 heavy (non-hydrogen) atoms. The highest BCUT2D eigenvalue weighted by atomic mass is 19.1. The van der Waals surface area contributed by atoms with Gasteiger partial charge in [0, 0.05) is 12.2 Å². The second-order valence-electron chi connectivity index (χ2n) is 5.85. The van der Waals surface area contributed by atoms with Gasteiger partial charge in [-0.15, -0.1) is 0 Å². The Morgan fingerprint density at radius 1 is 1.19 bits per heavy atom. The van der Waals surface area contributed by atoms with Crippen molar-refractivity contribution < 1.29 is 28.9 Å². The molecule has 0 saturated carbocycles. The average molecular weight is 361 g/mol. The van der Waals surface area contributed by atoms with E-state index in [1.54, 1.807) is 37.3 Å². The molecule has 0 heterocycles. The number of phenols is 1. The maximum absolute atomic E-state index is 13.6. The number of rotatable bonds is 6. The number of hydrogen-bond acceptors (Lipinski definition) is 5. The maximum Gasteiger partial charge on any atom is 0.414 e. The van der Waals surface area contributed by atoms with E-state index >= 15 is 0 Å². The van der Waals surface area contributed by atoms with Crippen LogP contribution in [0.2, 0.25) is 0 Å². The molecule has 0 aliphatic rings. The lowest BCUT2D eigenvalue weighted by Crippen LogP contribution is -2.33. The molecule has 2 aromatic carbocycles. The fraction of sp³-hybridized carbons (Fsp3) is 0.263. The molecule has 6 nitrogen and oxygen atoms in total. The predicted molar refractivity (Wildman–Crippen MR) is 92.1 cm³/mol. The molecule has 2 aromatic rings. The molecule has 2 atom stereocenters. The molecule has 0 spiro atoms. The van der Waals surface area contributed by atoms with Crippen molar-refractivity contribution in [2.45, 2.75) is 19.4 Å². The lowest BCUT2D eigenvalue weighted by Gasteiger charge is -2.24. The van der Waals surface area contributed by atoms with Crippen molar-refractivity contribution in [3.8, 4) is 5.75 Å². The minimum absolute atomic E-state index is 0.147. The number of amides is 2. The minimum Gasteiger partial charge on any atom is -0.505 e. The molecule has 138 valence electrons. The van der Waals surface area contributed by atoms with Gasteiger partial charge in [-0.25, -0.2) is 9.18 Å². The highest BCUT2D eigenvalue weighted by Gasteiger charge is 2.25. The van der Waals surface area contributed by atoms with Crippen molar-refractivity contribution in [3.63, 3.8) is 0 Å². The van der Waals surface area contributed by atoms with E-state index in [9.17, 15) is 19.1 Å². The van der Waals surface area contributed by atoms with E-state index in [1.807, 2.05) is 0 Å². The normalized spacial score (nSPS) is 12.9. The standard InChI is InChI=1S/C19H20FNO5/c1-12(9-10-22)17(14-7-8-16(23)15(20)11-14)26-19(25)21-18(24)13-5-3-2-4-6-13/h2-8,11-12,17,22-23H,9-10H2,1H3,(H,21,24,25)/t12-,17-/m0/s1. The zero-order chi connectivity index (χ0) is 19.1. The predicted octanol–water partition coefficient (Wildman–Crippen LogP) is 3.16. The molecule has 0 fully saturated rings. The number of halogens is 1. The van der Waals surface area contributed by atoms with Crippen LogP contribution in [0.5, 0.6) is 5.75 Å². The second-order valence-corrected chi connectivity index (χ2v) is 5.85. The molecule has 0 aliphatic heterocycles. The number of alkyl carbamates (subject to hydrolysis) is 1. The smallest absolute Gasteiger partial charge is 0.414 e. The zero-order valence-corrected chi connectivity index (χ0v) is 14.2. The fourth-order valence-electron chi connectivity index (χ4n) is 2.47. The first-order valence-corrected chi connectivity index (χ1v) is 8.08. The Labute approximate surface area is 150 Å². The summed E-state index contributed by atoms with van der Waals surface area (Å²) in [5.41, 5.74) is 0.601. The largest absolute Gasteiger partial charge is 0.505 e. The molecule has 0 radical (unpaired) electrons. The lowest BCUT2D eigenvalue weighted by atomic mass is 9.94. The van der Waals surface area contributed by atoms with Crippen molar-refractivity contribution in [1.82, 2.24) is 5.32 Å². The molecule has 0 aromatic heterocycles. The van der Waals surface area contributed by atoms with Gasteiger partial charge in [0.15, 0.2) is 11.6 Å². The zero-order valence-electron chi connectivity index (χ0n) is 14.2. The van der Waals surface area contributed by atoms with Crippen LogP contribution in [0.15, 0.2) is 48.5 Å². The van der Waals surface area contributed by atoms with Crippen LogP contribution in [0.1, 0.15) is 35.4 Å². The van der Waals surface area contributed by atoms with Gasteiger partial charge in [0.1, 0.15) is 6.10 Å². The highest BCUT2D eigenvalue weighted by molar-refractivity contribution is 6.02. The molecule has 2 amide bonds. The fourth-order valence-corrected chi connectivity index (χ4v) is 2.47. The molecule has 0 bridgehead atoms. The SMILES string of the molecule is C[C@@H](CCO)[C@H](OC(=O)NC(=O)c1ccccc1)c1ccc(O)c(F)c1. The van der Waals surface area contributed by atoms with Crippen LogP contribution in [0.4, 0.5) is 9.18 Å². The molecule has 0 unspecified atom stereocenters. The summed E-state index contributed by atoms with van der Waals surface area (Å²) in [6, 6.07) is 11.8. The number of benzene rings is 2. The highest BCUT2D eigenvalue weighted by Crippen LogP contribution is 2.30. The summed E-state index contributed by atoms with van der Waals surface area (Å²) in [7, 11) is 0. The molecule has 0 saturated heterocycles. The number of phenolic OH excluding ortho intramolecular Hbond substituents is 1. The second kappa shape index (κ2) is 8.96. The Morgan fingerprint density at radius 2 is 1.88 bits per heavy atom. The number of carbonyl (C=O) groups excluding carboxylic acids is 2. The van der Waals surface area contributed by atoms with Gasteiger partial charge >= 0.3 is 6.09 Å². The summed E-state index contributed by atoms with van der Waals surface area (Å²) in [5, 5.41) is 20.6. The van der Waals surface area contributed by atoms with Crippen LogP contribution in [0.25, 0.3) is 0 Å². The van der Waals surface area contributed by atoms with Crippen LogP contribution >= 0.6 is 0 Å². The van der Waals surface area contributed by atoms with Gasteiger partial charge < -0.3 is 14.9 Å². The topological polar surface area (TPSA) is 95.9 Å². The van der Waals surface area contributed by atoms with Gasteiger partial charge in [-0.05, 0) is 42.2 Å². The van der Waals surface area contributed by atoms with Gasteiger partial charge in [-0.2, -0.15) is 0 Å². The lowest BCUT2D eigenvalue weighted by molar-refractivity contribution is 0.0543. The Hall–Kier alpha value is -2.93. The number of imide groups is 1. The number of aromatic hydroxyl groups is 1. The van der Waals surface area contributed by atoms with Gasteiger partial charge in [-0.3, -0.25) is 10.1 Å². The molecular weight excluding hydrogens is 341 g/mol. The summed E-state index contributed by atoms with van der Waals surface area (Å²) in [4.78, 5) is 24.1. The van der Waals surface area contributed by atoms with E-state index < -0.39 is 29.7 Å². The Morgan fingerprint density at radius 3 is 2.50 bits per heavy atom. The van der Waals surface area contributed by atoms with Crippen molar-refractivity contribution in [1.29, 1.82) is 0 Å². The van der Waals surface area contributed by atoms with Crippen molar-refractivity contribution in [2.24, 2.45) is 5.92 Å². The first-order chi connectivity index (χ1) is 12.4. The van der Waals surface area contributed by atoms with E-state index in [2.05, 4.69) is 5.32 Å². The molecule has 7 heteroatoms. The number of aliphatic hydroxyl groups is 1. The van der Waals surface area contributed by atoms with E-state index in [0.717, 1.165) is 12.1 Å². The summed E-state index contributed by atoms with van der Waals surface area (Å²) >= 11 is 0. The molecular formula is C19H20FNO5. The Kier molecular flexibility index (Phi) is 6.68.